The molecule has 3 nitrogen and oxygen atoms in total. The molecule has 1 heterocycles. The lowest BCUT2D eigenvalue weighted by Crippen LogP contribution is -2.42. The van der Waals surface area contributed by atoms with Crippen molar-refractivity contribution in [2.24, 2.45) is 0 Å². The Morgan fingerprint density at radius 3 is 2.44 bits per heavy atom. The zero-order chi connectivity index (χ0) is 12.8. The summed E-state index contributed by atoms with van der Waals surface area (Å²) in [6.07, 6.45) is 3.58. The van der Waals surface area contributed by atoms with E-state index in [9.17, 15) is 4.79 Å². The SMILES string of the molecule is CCN(CC(=O)N1CCCCC1)c1ccccc1. The number of rotatable bonds is 4. The van der Waals surface area contributed by atoms with E-state index < -0.39 is 0 Å². The summed E-state index contributed by atoms with van der Waals surface area (Å²) in [5.74, 6) is 0.264. The van der Waals surface area contributed by atoms with E-state index >= 15 is 0 Å². The zero-order valence-electron chi connectivity index (χ0n) is 11.1. The highest BCUT2D eigenvalue weighted by atomic mass is 16.2. The Bertz CT molecular complexity index is 371. The smallest absolute Gasteiger partial charge is 0.242 e. The van der Waals surface area contributed by atoms with E-state index in [1.165, 1.54) is 6.42 Å². The highest BCUT2D eigenvalue weighted by Gasteiger charge is 2.18. The number of carbonyl (C=O) groups is 1. The maximum absolute atomic E-state index is 12.2. The van der Waals surface area contributed by atoms with Crippen molar-refractivity contribution >= 4 is 11.6 Å². The second kappa shape index (κ2) is 6.43. The van der Waals surface area contributed by atoms with E-state index in [2.05, 4.69) is 24.0 Å². The third-order valence-corrected chi connectivity index (χ3v) is 3.54. The first-order valence-corrected chi connectivity index (χ1v) is 6.89. The van der Waals surface area contributed by atoms with Gasteiger partial charge in [0.1, 0.15) is 0 Å². The first-order valence-electron chi connectivity index (χ1n) is 6.89. The summed E-state index contributed by atoms with van der Waals surface area (Å²) >= 11 is 0. The van der Waals surface area contributed by atoms with Gasteiger partial charge in [0, 0.05) is 25.3 Å². The van der Waals surface area contributed by atoms with E-state index in [1.807, 2.05) is 23.1 Å². The predicted molar refractivity (Wildman–Crippen MR) is 74.8 cm³/mol. The summed E-state index contributed by atoms with van der Waals surface area (Å²) in [4.78, 5) is 16.4. The number of carbonyl (C=O) groups excluding carboxylic acids is 1. The molecule has 1 aliphatic heterocycles. The molecule has 0 spiro atoms. The minimum Gasteiger partial charge on any atom is -0.362 e. The maximum Gasteiger partial charge on any atom is 0.242 e. The Morgan fingerprint density at radius 2 is 1.83 bits per heavy atom. The number of nitrogens with zero attached hydrogens (tertiary/aromatic N) is 2. The summed E-state index contributed by atoms with van der Waals surface area (Å²) in [7, 11) is 0. The molecule has 0 N–H and O–H groups in total. The van der Waals surface area contributed by atoms with Gasteiger partial charge < -0.3 is 9.80 Å². The Labute approximate surface area is 109 Å². The minimum absolute atomic E-state index is 0.264. The molecule has 0 radical (unpaired) electrons. The van der Waals surface area contributed by atoms with Gasteiger partial charge in [-0.05, 0) is 38.3 Å². The van der Waals surface area contributed by atoms with Gasteiger partial charge in [0.25, 0.3) is 0 Å². The topological polar surface area (TPSA) is 23.6 Å². The molecule has 98 valence electrons. The van der Waals surface area contributed by atoms with Crippen molar-refractivity contribution in [2.75, 3.05) is 31.1 Å². The summed E-state index contributed by atoms with van der Waals surface area (Å²) in [5, 5.41) is 0. The van der Waals surface area contributed by atoms with Crippen molar-refractivity contribution < 1.29 is 4.79 Å². The van der Waals surface area contributed by atoms with Gasteiger partial charge >= 0.3 is 0 Å². The van der Waals surface area contributed by atoms with Crippen LogP contribution in [0, 0.1) is 0 Å². The first kappa shape index (κ1) is 12.9. The fraction of sp³-hybridized carbons (Fsp3) is 0.533. The quantitative estimate of drug-likeness (QED) is 0.815. The second-order valence-corrected chi connectivity index (χ2v) is 4.79. The molecule has 0 unspecified atom stereocenters. The van der Waals surface area contributed by atoms with Gasteiger partial charge in [-0.3, -0.25) is 4.79 Å². The molecular formula is C15H22N2O. The molecule has 0 aliphatic carbocycles. The molecule has 1 aromatic carbocycles. The third kappa shape index (κ3) is 3.25. The van der Waals surface area contributed by atoms with Gasteiger partial charge in [-0.1, -0.05) is 18.2 Å². The van der Waals surface area contributed by atoms with Gasteiger partial charge in [-0.25, -0.2) is 0 Å². The molecule has 1 amide bonds. The van der Waals surface area contributed by atoms with Gasteiger partial charge in [0.05, 0.1) is 6.54 Å². The molecule has 1 fully saturated rings. The highest BCUT2D eigenvalue weighted by molar-refractivity contribution is 5.81. The van der Waals surface area contributed by atoms with Crippen LogP contribution in [0.3, 0.4) is 0 Å². The van der Waals surface area contributed by atoms with Crippen LogP contribution in [0.5, 0.6) is 0 Å². The number of anilines is 1. The van der Waals surface area contributed by atoms with Crippen LogP contribution >= 0.6 is 0 Å². The Balaban J connectivity index is 1.95. The number of likely N-dealkylation sites (tertiary alicyclic amines) is 1. The van der Waals surface area contributed by atoms with E-state index in [0.717, 1.165) is 38.2 Å². The second-order valence-electron chi connectivity index (χ2n) is 4.79. The molecule has 1 aliphatic rings. The summed E-state index contributed by atoms with van der Waals surface area (Å²) in [6, 6.07) is 10.2. The first-order chi connectivity index (χ1) is 8.81. The van der Waals surface area contributed by atoms with E-state index in [4.69, 9.17) is 0 Å². The number of hydrogen-bond donors (Lipinski definition) is 0. The molecule has 1 saturated heterocycles. The Hall–Kier alpha value is -1.51. The molecule has 3 heteroatoms. The summed E-state index contributed by atoms with van der Waals surface area (Å²) < 4.78 is 0. The highest BCUT2D eigenvalue weighted by Crippen LogP contribution is 2.14. The van der Waals surface area contributed by atoms with Gasteiger partial charge in [0.2, 0.25) is 5.91 Å². The number of piperidine rings is 1. The van der Waals surface area contributed by atoms with Crippen LogP contribution in [-0.2, 0) is 4.79 Å². The zero-order valence-corrected chi connectivity index (χ0v) is 11.1. The fourth-order valence-electron chi connectivity index (χ4n) is 2.43. The summed E-state index contributed by atoms with van der Waals surface area (Å²) in [6.45, 7) is 5.33. The lowest BCUT2D eigenvalue weighted by atomic mass is 10.1. The molecule has 18 heavy (non-hydrogen) atoms. The van der Waals surface area contributed by atoms with Crippen LogP contribution in [0.15, 0.2) is 30.3 Å². The number of amides is 1. The monoisotopic (exact) mass is 246 g/mol. The standard InChI is InChI=1S/C15H22N2O/c1-2-16(14-9-5-3-6-10-14)13-15(18)17-11-7-4-8-12-17/h3,5-6,9-10H,2,4,7-8,11-13H2,1H3. The largest absolute Gasteiger partial charge is 0.362 e. The molecule has 0 saturated carbocycles. The molecular weight excluding hydrogens is 224 g/mol. The number of benzene rings is 1. The van der Waals surface area contributed by atoms with E-state index in [1.54, 1.807) is 0 Å². The van der Waals surface area contributed by atoms with E-state index in [-0.39, 0.29) is 5.91 Å². The van der Waals surface area contributed by atoms with Crippen LogP contribution < -0.4 is 4.90 Å². The lowest BCUT2D eigenvalue weighted by molar-refractivity contribution is -0.130. The molecule has 0 aromatic heterocycles. The van der Waals surface area contributed by atoms with Gasteiger partial charge in [0.15, 0.2) is 0 Å². The average molecular weight is 246 g/mol. The van der Waals surface area contributed by atoms with Crippen LogP contribution in [0.4, 0.5) is 5.69 Å². The normalized spacial score (nSPS) is 15.5. The molecule has 2 rings (SSSR count). The summed E-state index contributed by atoms with van der Waals surface area (Å²) in [5.41, 5.74) is 1.13. The molecule has 0 bridgehead atoms. The lowest BCUT2D eigenvalue weighted by Gasteiger charge is -2.30. The average Bonchev–Trinajstić information content (AvgIpc) is 2.46. The molecule has 0 atom stereocenters. The number of para-hydroxylation sites is 1. The number of likely N-dealkylation sites (N-methyl/N-ethyl adjacent to an activating group) is 1. The van der Waals surface area contributed by atoms with Crippen LogP contribution in [0.1, 0.15) is 26.2 Å². The van der Waals surface area contributed by atoms with Gasteiger partial charge in [-0.15, -0.1) is 0 Å². The Morgan fingerprint density at radius 1 is 1.17 bits per heavy atom. The van der Waals surface area contributed by atoms with Crippen molar-refractivity contribution in [2.45, 2.75) is 26.2 Å². The van der Waals surface area contributed by atoms with Crippen LogP contribution in [0.25, 0.3) is 0 Å². The van der Waals surface area contributed by atoms with Crippen molar-refractivity contribution in [3.8, 4) is 0 Å². The maximum atomic E-state index is 12.2. The minimum atomic E-state index is 0.264. The molecule has 1 aromatic rings. The predicted octanol–water partition coefficient (Wildman–Crippen LogP) is 2.53. The third-order valence-electron chi connectivity index (χ3n) is 3.54. The van der Waals surface area contributed by atoms with Crippen molar-refractivity contribution in [1.29, 1.82) is 0 Å². The van der Waals surface area contributed by atoms with Crippen molar-refractivity contribution in [1.82, 2.24) is 4.90 Å². The van der Waals surface area contributed by atoms with E-state index in [0.29, 0.717) is 6.54 Å². The fourth-order valence-corrected chi connectivity index (χ4v) is 2.43. The van der Waals surface area contributed by atoms with Crippen LogP contribution in [0.2, 0.25) is 0 Å². The van der Waals surface area contributed by atoms with Crippen LogP contribution in [-0.4, -0.2) is 37.0 Å². The van der Waals surface area contributed by atoms with Crippen molar-refractivity contribution in [3.63, 3.8) is 0 Å². The van der Waals surface area contributed by atoms with Crippen molar-refractivity contribution in [3.05, 3.63) is 30.3 Å². The Kier molecular flexibility index (Phi) is 4.62. The van der Waals surface area contributed by atoms with Gasteiger partial charge in [-0.2, -0.15) is 0 Å². The number of hydrogen-bond acceptors (Lipinski definition) is 2.